The fourth-order valence-electron chi connectivity index (χ4n) is 3.15. The van der Waals surface area contributed by atoms with Crippen LogP contribution in [0.5, 0.6) is 5.75 Å². The number of anilines is 1. The zero-order valence-electron chi connectivity index (χ0n) is 13.8. The lowest BCUT2D eigenvalue weighted by Gasteiger charge is -2.22. The third-order valence-corrected chi connectivity index (χ3v) is 4.72. The highest BCUT2D eigenvalue weighted by Crippen LogP contribution is 2.35. The third kappa shape index (κ3) is 3.02. The van der Waals surface area contributed by atoms with Gasteiger partial charge in [0, 0.05) is 17.8 Å². The standard InChI is InChI=1S/C20H21NO3/c1-23-18-7-4-15(5-8-18)16-6-9-19-17(10-16)12-24-13-20(22)21(19)11-14-2-3-14/h4-10,14H,2-3,11-13H2,1H3. The van der Waals surface area contributed by atoms with Crippen LogP contribution in [-0.2, 0) is 16.1 Å². The number of nitrogens with zero attached hydrogens (tertiary/aromatic N) is 1. The topological polar surface area (TPSA) is 38.8 Å². The number of fused-ring (bicyclic) bond motifs is 1. The second-order valence-electron chi connectivity index (χ2n) is 6.51. The average molecular weight is 323 g/mol. The van der Waals surface area contributed by atoms with Gasteiger partial charge in [0.25, 0.3) is 5.91 Å². The zero-order chi connectivity index (χ0) is 16.5. The second kappa shape index (κ2) is 6.29. The van der Waals surface area contributed by atoms with Crippen LogP contribution < -0.4 is 9.64 Å². The van der Waals surface area contributed by atoms with Crippen LogP contribution in [0.2, 0.25) is 0 Å². The van der Waals surface area contributed by atoms with Crippen molar-refractivity contribution < 1.29 is 14.3 Å². The van der Waals surface area contributed by atoms with Gasteiger partial charge in [-0.25, -0.2) is 0 Å². The first-order chi connectivity index (χ1) is 11.7. The molecule has 1 saturated carbocycles. The predicted molar refractivity (Wildman–Crippen MR) is 93.2 cm³/mol. The molecule has 2 aromatic rings. The number of hydrogen-bond acceptors (Lipinski definition) is 3. The van der Waals surface area contributed by atoms with Gasteiger partial charge in [0.2, 0.25) is 0 Å². The first-order valence-corrected chi connectivity index (χ1v) is 8.40. The molecule has 1 aliphatic heterocycles. The Labute approximate surface area is 142 Å². The molecule has 1 aliphatic carbocycles. The predicted octanol–water partition coefficient (Wildman–Crippen LogP) is 3.64. The monoisotopic (exact) mass is 323 g/mol. The van der Waals surface area contributed by atoms with Gasteiger partial charge in [0.1, 0.15) is 12.4 Å². The van der Waals surface area contributed by atoms with Crippen LogP contribution in [-0.4, -0.2) is 26.2 Å². The fourth-order valence-corrected chi connectivity index (χ4v) is 3.15. The molecule has 0 N–H and O–H groups in total. The molecular weight excluding hydrogens is 302 g/mol. The number of hydrogen-bond donors (Lipinski definition) is 0. The highest BCUT2D eigenvalue weighted by atomic mass is 16.5. The normalized spacial score (nSPS) is 17.4. The lowest BCUT2D eigenvalue weighted by atomic mass is 10.0. The summed E-state index contributed by atoms with van der Waals surface area (Å²) in [5.74, 6) is 1.57. The van der Waals surface area contributed by atoms with E-state index >= 15 is 0 Å². The molecule has 24 heavy (non-hydrogen) atoms. The maximum absolute atomic E-state index is 12.4. The second-order valence-corrected chi connectivity index (χ2v) is 6.51. The summed E-state index contributed by atoms with van der Waals surface area (Å²) in [6, 6.07) is 14.3. The summed E-state index contributed by atoms with van der Waals surface area (Å²) in [5.41, 5.74) is 4.33. The number of methoxy groups -OCH3 is 1. The smallest absolute Gasteiger partial charge is 0.253 e. The lowest BCUT2D eigenvalue weighted by molar-refractivity contribution is -0.123. The number of amides is 1. The van der Waals surface area contributed by atoms with Gasteiger partial charge in [-0.05, 0) is 54.2 Å². The molecule has 4 nitrogen and oxygen atoms in total. The van der Waals surface area contributed by atoms with E-state index in [0.717, 1.165) is 34.7 Å². The van der Waals surface area contributed by atoms with E-state index in [-0.39, 0.29) is 12.5 Å². The molecule has 0 radical (unpaired) electrons. The van der Waals surface area contributed by atoms with Crippen molar-refractivity contribution in [1.29, 1.82) is 0 Å². The van der Waals surface area contributed by atoms with Crippen LogP contribution in [0, 0.1) is 5.92 Å². The highest BCUT2D eigenvalue weighted by Gasteiger charge is 2.30. The van der Waals surface area contributed by atoms with Gasteiger partial charge < -0.3 is 14.4 Å². The minimum atomic E-state index is 0.0675. The minimum absolute atomic E-state index is 0.0675. The molecule has 1 fully saturated rings. The van der Waals surface area contributed by atoms with Crippen molar-refractivity contribution in [2.75, 3.05) is 25.2 Å². The Morgan fingerprint density at radius 1 is 1.08 bits per heavy atom. The first kappa shape index (κ1) is 15.2. The number of benzene rings is 2. The van der Waals surface area contributed by atoms with Crippen LogP contribution in [0.4, 0.5) is 5.69 Å². The first-order valence-electron chi connectivity index (χ1n) is 8.40. The van der Waals surface area contributed by atoms with Crippen LogP contribution in [0.1, 0.15) is 18.4 Å². The molecule has 0 saturated heterocycles. The molecule has 0 bridgehead atoms. The van der Waals surface area contributed by atoms with Gasteiger partial charge >= 0.3 is 0 Å². The molecule has 0 spiro atoms. The maximum Gasteiger partial charge on any atom is 0.253 e. The van der Waals surface area contributed by atoms with Crippen LogP contribution in [0.25, 0.3) is 11.1 Å². The number of carbonyl (C=O) groups is 1. The molecule has 0 unspecified atom stereocenters. The van der Waals surface area contributed by atoms with Gasteiger partial charge in [-0.3, -0.25) is 4.79 Å². The van der Waals surface area contributed by atoms with E-state index in [1.807, 2.05) is 29.2 Å². The third-order valence-electron chi connectivity index (χ3n) is 4.72. The van der Waals surface area contributed by atoms with Crippen molar-refractivity contribution in [3.63, 3.8) is 0 Å². The van der Waals surface area contributed by atoms with E-state index in [4.69, 9.17) is 9.47 Å². The Bertz CT molecular complexity index is 750. The summed E-state index contributed by atoms with van der Waals surface area (Å²) < 4.78 is 10.8. The van der Waals surface area contributed by atoms with E-state index in [0.29, 0.717) is 12.5 Å². The number of ether oxygens (including phenoxy) is 2. The Balaban J connectivity index is 1.67. The Kier molecular flexibility index (Phi) is 3.98. The quantitative estimate of drug-likeness (QED) is 0.862. The van der Waals surface area contributed by atoms with E-state index in [1.54, 1.807) is 7.11 Å². The largest absolute Gasteiger partial charge is 0.497 e. The van der Waals surface area contributed by atoms with Crippen LogP contribution in [0.15, 0.2) is 42.5 Å². The molecule has 0 atom stereocenters. The Morgan fingerprint density at radius 3 is 2.54 bits per heavy atom. The van der Waals surface area contributed by atoms with E-state index in [2.05, 4.69) is 18.2 Å². The van der Waals surface area contributed by atoms with Gasteiger partial charge in [-0.1, -0.05) is 18.2 Å². The summed E-state index contributed by atoms with van der Waals surface area (Å²) in [6.45, 7) is 1.46. The summed E-state index contributed by atoms with van der Waals surface area (Å²) >= 11 is 0. The van der Waals surface area contributed by atoms with Crippen molar-refractivity contribution in [3.05, 3.63) is 48.0 Å². The number of carbonyl (C=O) groups excluding carboxylic acids is 1. The Hall–Kier alpha value is -2.33. The molecule has 124 valence electrons. The van der Waals surface area contributed by atoms with Gasteiger partial charge in [0.15, 0.2) is 0 Å². The van der Waals surface area contributed by atoms with Crippen molar-refractivity contribution in [3.8, 4) is 16.9 Å². The van der Waals surface area contributed by atoms with Crippen molar-refractivity contribution >= 4 is 11.6 Å². The maximum atomic E-state index is 12.4. The van der Waals surface area contributed by atoms with Crippen LogP contribution in [0.3, 0.4) is 0 Å². The molecule has 2 aromatic carbocycles. The van der Waals surface area contributed by atoms with Crippen molar-refractivity contribution in [1.82, 2.24) is 0 Å². The van der Waals surface area contributed by atoms with Crippen molar-refractivity contribution in [2.45, 2.75) is 19.4 Å². The van der Waals surface area contributed by atoms with Gasteiger partial charge in [0.05, 0.1) is 13.7 Å². The SMILES string of the molecule is COc1ccc(-c2ccc3c(c2)COCC(=O)N3CC2CC2)cc1. The molecule has 2 aliphatic rings. The molecule has 1 amide bonds. The molecular formula is C20H21NO3. The van der Waals surface area contributed by atoms with Crippen molar-refractivity contribution in [2.24, 2.45) is 5.92 Å². The fraction of sp³-hybridized carbons (Fsp3) is 0.350. The summed E-state index contributed by atoms with van der Waals surface area (Å²) in [6.07, 6.45) is 2.45. The number of rotatable bonds is 4. The lowest BCUT2D eigenvalue weighted by Crippen LogP contribution is -2.34. The van der Waals surface area contributed by atoms with E-state index in [9.17, 15) is 4.79 Å². The summed E-state index contributed by atoms with van der Waals surface area (Å²) in [5, 5.41) is 0. The van der Waals surface area contributed by atoms with E-state index in [1.165, 1.54) is 12.8 Å². The highest BCUT2D eigenvalue weighted by molar-refractivity contribution is 5.96. The average Bonchev–Trinajstić information content (AvgIpc) is 3.45. The zero-order valence-corrected chi connectivity index (χ0v) is 13.8. The molecule has 4 heteroatoms. The minimum Gasteiger partial charge on any atom is -0.497 e. The van der Waals surface area contributed by atoms with Gasteiger partial charge in [-0.15, -0.1) is 0 Å². The van der Waals surface area contributed by atoms with Crippen LogP contribution >= 0.6 is 0 Å². The summed E-state index contributed by atoms with van der Waals surface area (Å²) in [4.78, 5) is 14.3. The molecule has 1 heterocycles. The Morgan fingerprint density at radius 2 is 1.83 bits per heavy atom. The van der Waals surface area contributed by atoms with Gasteiger partial charge in [-0.2, -0.15) is 0 Å². The molecule has 4 rings (SSSR count). The molecule has 0 aromatic heterocycles. The van der Waals surface area contributed by atoms with E-state index < -0.39 is 0 Å². The summed E-state index contributed by atoms with van der Waals surface area (Å²) in [7, 11) is 1.67.